The molecule has 0 N–H and O–H groups in total. The summed E-state index contributed by atoms with van der Waals surface area (Å²) in [6.07, 6.45) is 1.71. The van der Waals surface area contributed by atoms with Gasteiger partial charge in [-0.25, -0.2) is 4.79 Å². The van der Waals surface area contributed by atoms with Crippen molar-refractivity contribution in [2.45, 2.75) is 25.7 Å². The third-order valence-corrected chi connectivity index (χ3v) is 2.68. The van der Waals surface area contributed by atoms with Gasteiger partial charge in [-0.1, -0.05) is 0 Å². The van der Waals surface area contributed by atoms with Crippen molar-refractivity contribution in [2.75, 3.05) is 13.2 Å². The fourth-order valence-electron chi connectivity index (χ4n) is 1.75. The monoisotopic (exact) mass is 227 g/mol. The van der Waals surface area contributed by atoms with Crippen LogP contribution < -0.4 is 0 Å². The molecule has 88 valence electrons. The molecular weight excluding hydrogens is 214 g/mol. The Morgan fingerprint density at radius 3 is 2.56 bits per heavy atom. The first kappa shape index (κ1) is 11.1. The fourth-order valence-corrected chi connectivity index (χ4v) is 1.75. The van der Waals surface area contributed by atoms with E-state index in [1.165, 1.54) is 0 Å². The van der Waals surface area contributed by atoms with Gasteiger partial charge >= 0.3 is 5.97 Å². The van der Waals surface area contributed by atoms with E-state index in [0.29, 0.717) is 24.7 Å². The van der Waals surface area contributed by atoms with Gasteiger partial charge < -0.3 is 9.57 Å². The Hall–Kier alpha value is -1.43. The lowest BCUT2D eigenvalue weighted by Gasteiger charge is -2.22. The standard InChI is InChI=1S/C10H13NO5/c12-8-3-4-9(13)11(8)16-10(14)7-2-1-5-15-6-7/h7H,1-6H2. The van der Waals surface area contributed by atoms with Gasteiger partial charge in [0.1, 0.15) is 0 Å². The van der Waals surface area contributed by atoms with E-state index >= 15 is 0 Å². The summed E-state index contributed by atoms with van der Waals surface area (Å²) in [5.41, 5.74) is 0. The SMILES string of the molecule is O=C(ON1C(=O)CCC1=O)C1CCCOC1. The van der Waals surface area contributed by atoms with Crippen LogP contribution in [0.25, 0.3) is 0 Å². The third-order valence-electron chi connectivity index (χ3n) is 2.68. The molecule has 2 aliphatic rings. The molecule has 0 spiro atoms. The molecule has 0 saturated carbocycles. The first-order valence-electron chi connectivity index (χ1n) is 5.34. The maximum Gasteiger partial charge on any atom is 0.338 e. The highest BCUT2D eigenvalue weighted by Crippen LogP contribution is 2.18. The van der Waals surface area contributed by atoms with Gasteiger partial charge in [0.25, 0.3) is 11.8 Å². The summed E-state index contributed by atoms with van der Waals surface area (Å²) in [4.78, 5) is 38.8. The summed E-state index contributed by atoms with van der Waals surface area (Å²) in [7, 11) is 0. The highest BCUT2D eigenvalue weighted by atomic mass is 16.7. The summed E-state index contributed by atoms with van der Waals surface area (Å²) in [6, 6.07) is 0. The van der Waals surface area contributed by atoms with Crippen molar-refractivity contribution in [1.29, 1.82) is 0 Å². The largest absolute Gasteiger partial charge is 0.381 e. The number of hydroxylamine groups is 2. The number of imide groups is 1. The molecule has 2 fully saturated rings. The molecule has 0 radical (unpaired) electrons. The molecule has 0 bridgehead atoms. The van der Waals surface area contributed by atoms with Crippen molar-refractivity contribution in [3.05, 3.63) is 0 Å². The highest BCUT2D eigenvalue weighted by molar-refractivity contribution is 6.01. The second-order valence-electron chi connectivity index (χ2n) is 3.91. The molecule has 2 heterocycles. The summed E-state index contributed by atoms with van der Waals surface area (Å²) >= 11 is 0. The fraction of sp³-hybridized carbons (Fsp3) is 0.700. The molecule has 0 aliphatic carbocycles. The van der Waals surface area contributed by atoms with E-state index in [0.717, 1.165) is 6.42 Å². The zero-order chi connectivity index (χ0) is 11.5. The zero-order valence-corrected chi connectivity index (χ0v) is 8.81. The van der Waals surface area contributed by atoms with Gasteiger partial charge in [0, 0.05) is 19.4 Å². The van der Waals surface area contributed by atoms with Crippen LogP contribution in [0.2, 0.25) is 0 Å². The number of hydrogen-bond donors (Lipinski definition) is 0. The molecule has 1 unspecified atom stereocenters. The lowest BCUT2D eigenvalue weighted by molar-refractivity contribution is -0.202. The first-order chi connectivity index (χ1) is 7.68. The number of carbonyl (C=O) groups excluding carboxylic acids is 3. The minimum Gasteiger partial charge on any atom is -0.381 e. The number of nitrogens with zero attached hydrogens (tertiary/aromatic N) is 1. The van der Waals surface area contributed by atoms with E-state index in [9.17, 15) is 14.4 Å². The molecule has 6 nitrogen and oxygen atoms in total. The summed E-state index contributed by atoms with van der Waals surface area (Å²) in [5, 5.41) is 0.580. The minimum atomic E-state index is -0.552. The number of rotatable bonds is 2. The van der Waals surface area contributed by atoms with Gasteiger partial charge in [0.15, 0.2) is 0 Å². The van der Waals surface area contributed by atoms with Crippen molar-refractivity contribution < 1.29 is 24.0 Å². The number of hydrogen-bond acceptors (Lipinski definition) is 5. The molecular formula is C10H13NO5. The average Bonchev–Trinajstić information content (AvgIpc) is 2.62. The molecule has 0 aromatic heterocycles. The van der Waals surface area contributed by atoms with Crippen molar-refractivity contribution in [1.82, 2.24) is 5.06 Å². The van der Waals surface area contributed by atoms with E-state index < -0.39 is 17.8 Å². The number of carbonyl (C=O) groups is 3. The maximum atomic E-state index is 11.6. The molecule has 2 amide bonds. The molecule has 0 aromatic carbocycles. The van der Waals surface area contributed by atoms with Gasteiger partial charge in [-0.2, -0.15) is 0 Å². The first-order valence-corrected chi connectivity index (χ1v) is 5.34. The zero-order valence-electron chi connectivity index (χ0n) is 8.81. The van der Waals surface area contributed by atoms with Crippen molar-refractivity contribution in [2.24, 2.45) is 5.92 Å². The van der Waals surface area contributed by atoms with Crippen LogP contribution >= 0.6 is 0 Å². The van der Waals surface area contributed by atoms with Crippen LogP contribution in [0.5, 0.6) is 0 Å². The van der Waals surface area contributed by atoms with Crippen LogP contribution in [0.1, 0.15) is 25.7 Å². The van der Waals surface area contributed by atoms with Crippen LogP contribution in [-0.2, 0) is 24.0 Å². The predicted molar refractivity (Wildman–Crippen MR) is 50.7 cm³/mol. The van der Waals surface area contributed by atoms with Crippen LogP contribution in [0.4, 0.5) is 0 Å². The number of amides is 2. The second kappa shape index (κ2) is 4.61. The molecule has 2 saturated heterocycles. The Kier molecular flexibility index (Phi) is 3.19. The molecule has 6 heteroatoms. The van der Waals surface area contributed by atoms with Gasteiger partial charge in [0.05, 0.1) is 12.5 Å². The Labute approximate surface area is 92.4 Å². The van der Waals surface area contributed by atoms with Gasteiger partial charge in [-0.05, 0) is 12.8 Å². The second-order valence-corrected chi connectivity index (χ2v) is 3.91. The smallest absolute Gasteiger partial charge is 0.338 e. The summed E-state index contributed by atoms with van der Waals surface area (Å²) < 4.78 is 5.13. The summed E-state index contributed by atoms with van der Waals surface area (Å²) in [6.45, 7) is 0.945. The third kappa shape index (κ3) is 2.21. The van der Waals surface area contributed by atoms with Crippen molar-refractivity contribution in [3.63, 3.8) is 0 Å². The van der Waals surface area contributed by atoms with E-state index in [1.807, 2.05) is 0 Å². The molecule has 1 atom stereocenters. The van der Waals surface area contributed by atoms with Gasteiger partial charge in [-0.3, -0.25) is 9.59 Å². The molecule has 2 aliphatic heterocycles. The predicted octanol–water partition coefficient (Wildman–Crippen LogP) is 0.0202. The normalized spacial score (nSPS) is 26.0. The lowest BCUT2D eigenvalue weighted by Crippen LogP contribution is -2.36. The Bertz CT molecular complexity index is 305. The van der Waals surface area contributed by atoms with Gasteiger partial charge in [-0.15, -0.1) is 5.06 Å². The van der Waals surface area contributed by atoms with E-state index in [2.05, 4.69) is 0 Å². The molecule has 2 rings (SSSR count). The lowest BCUT2D eigenvalue weighted by atomic mass is 10.0. The van der Waals surface area contributed by atoms with E-state index in [-0.39, 0.29) is 18.8 Å². The van der Waals surface area contributed by atoms with Crippen LogP contribution in [-0.4, -0.2) is 36.1 Å². The van der Waals surface area contributed by atoms with E-state index in [1.54, 1.807) is 0 Å². The minimum absolute atomic E-state index is 0.118. The van der Waals surface area contributed by atoms with Crippen LogP contribution in [0.15, 0.2) is 0 Å². The van der Waals surface area contributed by atoms with Crippen molar-refractivity contribution in [3.8, 4) is 0 Å². The quantitative estimate of drug-likeness (QED) is 0.622. The van der Waals surface area contributed by atoms with E-state index in [4.69, 9.17) is 9.57 Å². The van der Waals surface area contributed by atoms with Crippen molar-refractivity contribution >= 4 is 17.8 Å². The Morgan fingerprint density at radius 1 is 1.31 bits per heavy atom. The molecule has 16 heavy (non-hydrogen) atoms. The van der Waals surface area contributed by atoms with Gasteiger partial charge in [0.2, 0.25) is 0 Å². The Morgan fingerprint density at radius 2 is 2.00 bits per heavy atom. The average molecular weight is 227 g/mol. The topological polar surface area (TPSA) is 72.9 Å². The van der Waals surface area contributed by atoms with Crippen LogP contribution in [0, 0.1) is 5.92 Å². The Balaban J connectivity index is 1.90. The molecule has 0 aromatic rings. The van der Waals surface area contributed by atoms with Crippen LogP contribution in [0.3, 0.4) is 0 Å². The highest BCUT2D eigenvalue weighted by Gasteiger charge is 2.35. The number of ether oxygens (including phenoxy) is 1. The summed E-state index contributed by atoms with van der Waals surface area (Å²) in [5.74, 6) is -1.82. The maximum absolute atomic E-state index is 11.6.